The summed E-state index contributed by atoms with van der Waals surface area (Å²) in [6, 6.07) is 0. The molecule has 1 amide bonds. The topological polar surface area (TPSA) is 55.4 Å². The van der Waals surface area contributed by atoms with E-state index in [0.29, 0.717) is 17.0 Å². The van der Waals surface area contributed by atoms with Gasteiger partial charge in [-0.2, -0.15) is 0 Å². The van der Waals surface area contributed by atoms with Crippen molar-refractivity contribution in [2.24, 2.45) is 0 Å². The molecular weight excluding hydrogens is 250 g/mol. The maximum Gasteiger partial charge on any atom is 0.341 e. The summed E-state index contributed by atoms with van der Waals surface area (Å²) in [5.74, 6) is -0.417. The van der Waals surface area contributed by atoms with Crippen LogP contribution in [-0.4, -0.2) is 19.0 Å². The molecule has 18 heavy (non-hydrogen) atoms. The number of esters is 1. The van der Waals surface area contributed by atoms with E-state index in [2.05, 4.69) is 5.32 Å². The van der Waals surface area contributed by atoms with E-state index < -0.39 is 0 Å². The first kappa shape index (κ1) is 13.1. The molecule has 0 radical (unpaired) electrons. The highest BCUT2D eigenvalue weighted by Crippen LogP contribution is 2.38. The van der Waals surface area contributed by atoms with Crippen LogP contribution in [0.4, 0.5) is 5.00 Å². The summed E-state index contributed by atoms with van der Waals surface area (Å²) >= 11 is 1.52. The van der Waals surface area contributed by atoms with Gasteiger partial charge in [0.25, 0.3) is 0 Å². The van der Waals surface area contributed by atoms with Gasteiger partial charge in [-0.05, 0) is 31.2 Å². The minimum atomic E-state index is -0.346. The lowest BCUT2D eigenvalue weighted by Gasteiger charge is -2.11. The number of nitrogens with one attached hydrogen (secondary N) is 1. The highest BCUT2D eigenvalue weighted by atomic mass is 32.1. The van der Waals surface area contributed by atoms with Gasteiger partial charge < -0.3 is 10.1 Å². The highest BCUT2D eigenvalue weighted by Gasteiger charge is 2.26. The Morgan fingerprint density at radius 3 is 2.72 bits per heavy atom. The molecule has 0 aromatic carbocycles. The Morgan fingerprint density at radius 1 is 1.33 bits per heavy atom. The minimum absolute atomic E-state index is 0.0706. The number of anilines is 1. The van der Waals surface area contributed by atoms with Gasteiger partial charge in [0, 0.05) is 11.3 Å². The van der Waals surface area contributed by atoms with Crippen LogP contribution in [0.15, 0.2) is 0 Å². The summed E-state index contributed by atoms with van der Waals surface area (Å²) in [6.07, 6.45) is 4.54. The fraction of sp³-hybridized carbons (Fsp3) is 0.538. The molecule has 0 fully saturated rings. The number of thiophene rings is 1. The molecule has 0 saturated heterocycles. The first-order chi connectivity index (χ1) is 8.67. The molecule has 0 unspecified atom stereocenters. The Labute approximate surface area is 110 Å². The maximum absolute atomic E-state index is 11.9. The van der Waals surface area contributed by atoms with Crippen LogP contribution in [0, 0.1) is 0 Å². The van der Waals surface area contributed by atoms with E-state index in [9.17, 15) is 9.59 Å². The van der Waals surface area contributed by atoms with Crippen molar-refractivity contribution in [2.45, 2.75) is 39.0 Å². The average molecular weight is 267 g/mol. The number of fused-ring (bicyclic) bond motifs is 1. The lowest BCUT2D eigenvalue weighted by molar-refractivity contribution is -0.115. The van der Waals surface area contributed by atoms with Crippen LogP contribution in [0.3, 0.4) is 0 Å². The molecule has 1 N–H and O–H groups in total. The van der Waals surface area contributed by atoms with E-state index in [0.717, 1.165) is 31.2 Å². The van der Waals surface area contributed by atoms with Crippen LogP contribution in [0.2, 0.25) is 0 Å². The van der Waals surface area contributed by atoms with Crippen LogP contribution in [-0.2, 0) is 22.4 Å². The van der Waals surface area contributed by atoms with E-state index in [4.69, 9.17) is 4.74 Å². The average Bonchev–Trinajstić information content (AvgIpc) is 2.75. The second-order valence-electron chi connectivity index (χ2n) is 4.31. The molecule has 0 aliphatic heterocycles. The van der Waals surface area contributed by atoms with Crippen LogP contribution < -0.4 is 5.32 Å². The van der Waals surface area contributed by atoms with E-state index in [1.807, 2.05) is 0 Å². The molecule has 0 saturated carbocycles. The van der Waals surface area contributed by atoms with Crippen molar-refractivity contribution >= 4 is 28.2 Å². The second-order valence-corrected chi connectivity index (χ2v) is 5.41. The zero-order valence-electron chi connectivity index (χ0n) is 10.7. The summed E-state index contributed by atoms with van der Waals surface area (Å²) in [6.45, 7) is 1.79. The van der Waals surface area contributed by atoms with E-state index >= 15 is 0 Å². The van der Waals surface area contributed by atoms with Gasteiger partial charge in [0.2, 0.25) is 5.91 Å². The molecule has 1 aliphatic carbocycles. The molecule has 5 heteroatoms. The zero-order valence-corrected chi connectivity index (χ0v) is 11.5. The normalized spacial score (nSPS) is 13.9. The number of methoxy groups -OCH3 is 1. The molecule has 2 rings (SSSR count). The number of aryl methyl sites for hydroxylation is 1. The Bertz CT molecular complexity index is 479. The fourth-order valence-corrected chi connectivity index (χ4v) is 3.48. The Hall–Kier alpha value is -1.36. The highest BCUT2D eigenvalue weighted by molar-refractivity contribution is 7.17. The Morgan fingerprint density at radius 2 is 2.06 bits per heavy atom. The van der Waals surface area contributed by atoms with E-state index in [1.165, 1.54) is 23.3 Å². The monoisotopic (exact) mass is 267 g/mol. The Balaban J connectivity index is 2.41. The molecule has 0 atom stereocenters. The molecule has 4 nitrogen and oxygen atoms in total. The van der Waals surface area contributed by atoms with Crippen molar-refractivity contribution in [3.63, 3.8) is 0 Å². The molecule has 0 spiro atoms. The number of ether oxygens (including phenoxy) is 1. The van der Waals surface area contributed by atoms with Gasteiger partial charge in [0.05, 0.1) is 12.7 Å². The molecule has 98 valence electrons. The van der Waals surface area contributed by atoms with Crippen molar-refractivity contribution in [3.8, 4) is 0 Å². The lowest BCUT2D eigenvalue weighted by atomic mass is 9.95. The molecule has 1 heterocycles. The van der Waals surface area contributed by atoms with Crippen LogP contribution in [0.1, 0.15) is 47.0 Å². The number of carbonyl (C=O) groups excluding carboxylic acids is 2. The molecule has 0 bridgehead atoms. The van der Waals surface area contributed by atoms with Crippen molar-refractivity contribution in [3.05, 3.63) is 16.0 Å². The Kier molecular flexibility index (Phi) is 4.01. The molecule has 1 aromatic rings. The van der Waals surface area contributed by atoms with Gasteiger partial charge in [-0.1, -0.05) is 6.92 Å². The quantitative estimate of drug-likeness (QED) is 0.857. The van der Waals surface area contributed by atoms with Crippen molar-refractivity contribution in [1.29, 1.82) is 0 Å². The predicted octanol–water partition coefficient (Wildman–Crippen LogP) is 2.76. The van der Waals surface area contributed by atoms with Crippen molar-refractivity contribution < 1.29 is 14.3 Å². The number of hydrogen-bond acceptors (Lipinski definition) is 4. The summed E-state index contributed by atoms with van der Waals surface area (Å²) in [5.41, 5.74) is 1.64. The third kappa shape index (κ3) is 2.41. The summed E-state index contributed by atoms with van der Waals surface area (Å²) in [7, 11) is 1.38. The van der Waals surface area contributed by atoms with Gasteiger partial charge in [-0.25, -0.2) is 4.79 Å². The largest absolute Gasteiger partial charge is 0.465 e. The van der Waals surface area contributed by atoms with Gasteiger partial charge in [-0.15, -0.1) is 11.3 Å². The van der Waals surface area contributed by atoms with E-state index in [1.54, 1.807) is 6.92 Å². The van der Waals surface area contributed by atoms with Crippen molar-refractivity contribution in [1.82, 2.24) is 0 Å². The van der Waals surface area contributed by atoms with Crippen molar-refractivity contribution in [2.75, 3.05) is 12.4 Å². The third-order valence-corrected chi connectivity index (χ3v) is 4.34. The SMILES string of the molecule is CCC(=O)Nc1sc2c(c1C(=O)OC)CCCC2. The van der Waals surface area contributed by atoms with Gasteiger partial charge in [0.1, 0.15) is 5.00 Å². The van der Waals surface area contributed by atoms with Crippen LogP contribution >= 0.6 is 11.3 Å². The summed E-state index contributed by atoms with van der Waals surface area (Å²) in [5, 5.41) is 3.46. The van der Waals surface area contributed by atoms with E-state index in [-0.39, 0.29) is 11.9 Å². The summed E-state index contributed by atoms with van der Waals surface area (Å²) in [4.78, 5) is 24.6. The second kappa shape index (κ2) is 5.52. The predicted molar refractivity (Wildman–Crippen MR) is 71.2 cm³/mol. The van der Waals surface area contributed by atoms with Crippen LogP contribution in [0.25, 0.3) is 0 Å². The molecule has 1 aromatic heterocycles. The fourth-order valence-electron chi connectivity index (χ4n) is 2.19. The van der Waals surface area contributed by atoms with Gasteiger partial charge in [0.15, 0.2) is 0 Å². The zero-order chi connectivity index (χ0) is 13.1. The van der Waals surface area contributed by atoms with Gasteiger partial charge in [-0.3, -0.25) is 4.79 Å². The number of amides is 1. The van der Waals surface area contributed by atoms with Gasteiger partial charge >= 0.3 is 5.97 Å². The number of hydrogen-bond donors (Lipinski definition) is 1. The molecule has 1 aliphatic rings. The maximum atomic E-state index is 11.9. The standard InChI is InChI=1S/C13H17NO3S/c1-3-10(15)14-12-11(13(16)17-2)8-6-4-5-7-9(8)18-12/h3-7H2,1-2H3,(H,14,15). The first-order valence-electron chi connectivity index (χ1n) is 6.20. The smallest absolute Gasteiger partial charge is 0.341 e. The van der Waals surface area contributed by atoms with Crippen LogP contribution in [0.5, 0.6) is 0 Å². The lowest BCUT2D eigenvalue weighted by Crippen LogP contribution is -2.13. The minimum Gasteiger partial charge on any atom is -0.465 e. The number of rotatable bonds is 3. The third-order valence-electron chi connectivity index (χ3n) is 3.13. The summed E-state index contributed by atoms with van der Waals surface area (Å²) < 4.78 is 4.83. The number of carbonyl (C=O) groups is 2. The first-order valence-corrected chi connectivity index (χ1v) is 7.01. The molecular formula is C13H17NO3S.